The fraction of sp³-hybridized carbons (Fsp3) is 0.292. The van der Waals surface area contributed by atoms with Crippen LogP contribution in [0.4, 0.5) is 5.69 Å². The molecule has 1 aromatic heterocycles. The number of ether oxygens (including phenoxy) is 1. The van der Waals surface area contributed by atoms with Crippen molar-refractivity contribution in [2.24, 2.45) is 0 Å². The number of aromatic nitrogens is 1. The van der Waals surface area contributed by atoms with E-state index in [-0.39, 0.29) is 12.7 Å². The second-order valence-electron chi connectivity index (χ2n) is 7.55. The maximum absolute atomic E-state index is 10.9. The van der Waals surface area contributed by atoms with Crippen LogP contribution in [-0.2, 0) is 6.42 Å². The Hall–Kier alpha value is -2.31. The summed E-state index contributed by atoms with van der Waals surface area (Å²) in [6.45, 7) is 1.51. The van der Waals surface area contributed by atoms with Crippen molar-refractivity contribution < 1.29 is 14.9 Å². The lowest BCUT2D eigenvalue weighted by atomic mass is 9.98. The number of hydrogen-bond donors (Lipinski definition) is 2. The molecule has 1 aliphatic rings. The molecule has 162 valence electrons. The summed E-state index contributed by atoms with van der Waals surface area (Å²) < 4.78 is 6.02. The summed E-state index contributed by atoms with van der Waals surface area (Å²) in [5.74, 6) is 0.439. The molecule has 4 rings (SSSR count). The Morgan fingerprint density at radius 3 is 2.68 bits per heavy atom. The van der Waals surface area contributed by atoms with Crippen LogP contribution in [0.5, 0.6) is 5.88 Å². The third-order valence-electron chi connectivity index (χ3n) is 5.49. The molecular formula is C24H24Cl2N2O3. The smallest absolute Gasteiger partial charge is 0.232 e. The van der Waals surface area contributed by atoms with E-state index in [2.05, 4.69) is 9.88 Å². The second-order valence-corrected chi connectivity index (χ2v) is 8.37. The predicted molar refractivity (Wildman–Crippen MR) is 123 cm³/mol. The van der Waals surface area contributed by atoms with Crippen LogP contribution in [0.3, 0.4) is 0 Å². The average Bonchev–Trinajstić information content (AvgIpc) is 3.24. The zero-order chi connectivity index (χ0) is 21.8. The van der Waals surface area contributed by atoms with Crippen LogP contribution in [0.2, 0.25) is 10.0 Å². The molecule has 0 saturated carbocycles. The quantitative estimate of drug-likeness (QED) is 0.538. The summed E-state index contributed by atoms with van der Waals surface area (Å²) in [4.78, 5) is 6.43. The molecule has 0 aliphatic carbocycles. The van der Waals surface area contributed by atoms with E-state index in [0.29, 0.717) is 34.5 Å². The van der Waals surface area contributed by atoms with Crippen LogP contribution in [0.1, 0.15) is 29.2 Å². The van der Waals surface area contributed by atoms with Gasteiger partial charge in [0.1, 0.15) is 17.2 Å². The van der Waals surface area contributed by atoms with E-state index in [1.807, 2.05) is 36.4 Å². The summed E-state index contributed by atoms with van der Waals surface area (Å²) in [7, 11) is 0. The van der Waals surface area contributed by atoms with Gasteiger partial charge in [-0.3, -0.25) is 0 Å². The third-order valence-corrected chi connectivity index (χ3v) is 6.13. The zero-order valence-electron chi connectivity index (χ0n) is 16.9. The fourth-order valence-electron chi connectivity index (χ4n) is 3.91. The van der Waals surface area contributed by atoms with Gasteiger partial charge in [0.05, 0.1) is 6.54 Å². The van der Waals surface area contributed by atoms with Gasteiger partial charge in [0, 0.05) is 42.0 Å². The van der Waals surface area contributed by atoms with Crippen LogP contribution in [0, 0.1) is 0 Å². The zero-order valence-corrected chi connectivity index (χ0v) is 18.4. The molecule has 0 radical (unpaired) electrons. The van der Waals surface area contributed by atoms with E-state index < -0.39 is 6.10 Å². The molecule has 1 aliphatic heterocycles. The summed E-state index contributed by atoms with van der Waals surface area (Å²) in [6.07, 6.45) is 2.13. The van der Waals surface area contributed by atoms with Gasteiger partial charge in [0.15, 0.2) is 0 Å². The van der Waals surface area contributed by atoms with Crippen molar-refractivity contribution in [3.05, 3.63) is 87.5 Å². The second kappa shape index (κ2) is 9.88. The Bertz CT molecular complexity index is 1050. The van der Waals surface area contributed by atoms with Crippen molar-refractivity contribution >= 4 is 28.9 Å². The van der Waals surface area contributed by atoms with Gasteiger partial charge in [0.2, 0.25) is 5.88 Å². The highest BCUT2D eigenvalue weighted by atomic mass is 35.5. The molecule has 2 N–H and O–H groups in total. The highest BCUT2D eigenvalue weighted by molar-refractivity contribution is 6.32. The molecule has 2 aromatic carbocycles. The lowest BCUT2D eigenvalue weighted by Gasteiger charge is -2.24. The fourth-order valence-corrected chi connectivity index (χ4v) is 4.32. The van der Waals surface area contributed by atoms with Gasteiger partial charge in [-0.1, -0.05) is 53.5 Å². The Morgan fingerprint density at radius 1 is 1.10 bits per heavy atom. The molecule has 5 nitrogen and oxygen atoms in total. The summed E-state index contributed by atoms with van der Waals surface area (Å²) in [5, 5.41) is 21.5. The molecule has 2 heterocycles. The van der Waals surface area contributed by atoms with Crippen LogP contribution < -0.4 is 9.64 Å². The number of nitrogens with zero attached hydrogens (tertiary/aromatic N) is 2. The van der Waals surface area contributed by atoms with Crippen LogP contribution >= 0.6 is 23.2 Å². The number of hydrogen-bond acceptors (Lipinski definition) is 5. The Labute approximate surface area is 191 Å². The van der Waals surface area contributed by atoms with Crippen LogP contribution in [0.15, 0.2) is 60.8 Å². The Balaban J connectivity index is 1.57. The number of anilines is 1. The molecule has 31 heavy (non-hydrogen) atoms. The van der Waals surface area contributed by atoms with Crippen molar-refractivity contribution in [2.45, 2.75) is 25.0 Å². The van der Waals surface area contributed by atoms with Crippen LogP contribution in [-0.4, -0.2) is 41.0 Å². The maximum atomic E-state index is 10.9. The van der Waals surface area contributed by atoms with Gasteiger partial charge in [-0.2, -0.15) is 0 Å². The number of halogens is 2. The number of rotatable bonds is 7. The van der Waals surface area contributed by atoms with E-state index in [1.165, 1.54) is 0 Å². The lowest BCUT2D eigenvalue weighted by Crippen LogP contribution is -2.26. The third kappa shape index (κ3) is 4.96. The molecule has 1 fully saturated rings. The van der Waals surface area contributed by atoms with Crippen molar-refractivity contribution in [1.29, 1.82) is 0 Å². The molecule has 3 aromatic rings. The Kier molecular flexibility index (Phi) is 6.98. The largest absolute Gasteiger partial charge is 0.471 e. The minimum absolute atomic E-state index is 0.0495. The van der Waals surface area contributed by atoms with Crippen LogP contribution in [0.25, 0.3) is 0 Å². The predicted octanol–water partition coefficient (Wildman–Crippen LogP) is 4.66. The number of pyridine rings is 1. The van der Waals surface area contributed by atoms with E-state index in [9.17, 15) is 10.2 Å². The summed E-state index contributed by atoms with van der Waals surface area (Å²) in [5.41, 5.74) is 3.42. The molecule has 0 bridgehead atoms. The molecule has 7 heteroatoms. The van der Waals surface area contributed by atoms with Crippen molar-refractivity contribution in [1.82, 2.24) is 4.98 Å². The summed E-state index contributed by atoms with van der Waals surface area (Å²) in [6, 6.07) is 16.7. The first-order chi connectivity index (χ1) is 15.1. The van der Waals surface area contributed by atoms with Gasteiger partial charge >= 0.3 is 0 Å². The molecular weight excluding hydrogens is 435 g/mol. The monoisotopic (exact) mass is 458 g/mol. The van der Waals surface area contributed by atoms with E-state index in [1.54, 1.807) is 24.4 Å². The lowest BCUT2D eigenvalue weighted by molar-refractivity contribution is 0.216. The van der Waals surface area contributed by atoms with Gasteiger partial charge in [-0.05, 0) is 41.8 Å². The SMILES string of the molecule is OCCc1ccc(C(O)c2ccccc2Cl)cc1N1CC[C@H](Oc2ncccc2Cl)C1. The minimum atomic E-state index is -0.836. The Morgan fingerprint density at radius 2 is 1.90 bits per heavy atom. The standard InChI is InChI=1S/C24H24Cl2N2O3/c25-20-5-2-1-4-19(20)23(30)17-8-7-16(10-13-29)22(14-17)28-12-9-18(15-28)31-24-21(26)6-3-11-27-24/h1-8,11,14,18,23,29-30H,9-10,12-13,15H2/t18-,23?/m0/s1. The molecule has 1 unspecified atom stereocenters. The van der Waals surface area contributed by atoms with Gasteiger partial charge in [-0.15, -0.1) is 0 Å². The van der Waals surface area contributed by atoms with Crippen molar-refractivity contribution in [3.8, 4) is 5.88 Å². The minimum Gasteiger partial charge on any atom is -0.471 e. The normalized spacial score (nSPS) is 17.0. The number of benzene rings is 2. The topological polar surface area (TPSA) is 65.8 Å². The summed E-state index contributed by atoms with van der Waals surface area (Å²) >= 11 is 12.5. The number of aliphatic hydroxyl groups is 2. The van der Waals surface area contributed by atoms with E-state index >= 15 is 0 Å². The molecule has 1 saturated heterocycles. The maximum Gasteiger partial charge on any atom is 0.232 e. The van der Waals surface area contributed by atoms with E-state index in [0.717, 1.165) is 29.8 Å². The van der Waals surface area contributed by atoms with Gasteiger partial charge < -0.3 is 19.8 Å². The van der Waals surface area contributed by atoms with E-state index in [4.69, 9.17) is 27.9 Å². The highest BCUT2D eigenvalue weighted by Crippen LogP contribution is 2.34. The number of aliphatic hydroxyl groups excluding tert-OH is 2. The highest BCUT2D eigenvalue weighted by Gasteiger charge is 2.27. The molecule has 0 spiro atoms. The molecule has 2 atom stereocenters. The molecule has 0 amide bonds. The first kappa shape index (κ1) is 21.9. The first-order valence-electron chi connectivity index (χ1n) is 10.2. The van der Waals surface area contributed by atoms with Crippen molar-refractivity contribution in [2.75, 3.05) is 24.6 Å². The van der Waals surface area contributed by atoms with Gasteiger partial charge in [0.25, 0.3) is 0 Å². The first-order valence-corrected chi connectivity index (χ1v) is 11.0. The van der Waals surface area contributed by atoms with Crippen molar-refractivity contribution in [3.63, 3.8) is 0 Å². The average molecular weight is 459 g/mol. The van der Waals surface area contributed by atoms with Gasteiger partial charge in [-0.25, -0.2) is 4.98 Å².